The van der Waals surface area contributed by atoms with Gasteiger partial charge >= 0.3 is 0 Å². The molecule has 4 heterocycles. The summed E-state index contributed by atoms with van der Waals surface area (Å²) in [6.07, 6.45) is -23.9. The van der Waals surface area contributed by atoms with Gasteiger partial charge in [-0.2, -0.15) is 0 Å². The molecule has 1 aromatic heterocycles. The van der Waals surface area contributed by atoms with E-state index in [4.69, 9.17) is 32.8 Å². The first-order valence-electron chi connectivity index (χ1n) is 18.5. The van der Waals surface area contributed by atoms with E-state index < -0.39 is 128 Å². The molecular weight excluding hydrogens is 760 g/mol. The highest BCUT2D eigenvalue weighted by Crippen LogP contribution is 2.46. The number of aliphatic hydroxyl groups is 10. The normalized spacial score (nSPS) is 35.4. The lowest BCUT2D eigenvalue weighted by atomic mass is 9.86. The minimum atomic E-state index is -1.93. The molecule has 6 rings (SSSR count). The molecule has 3 aromatic rings. The first kappa shape index (κ1) is 43.1. The van der Waals surface area contributed by atoms with Crippen LogP contribution in [0.25, 0.3) is 22.3 Å². The van der Waals surface area contributed by atoms with Crippen molar-refractivity contribution in [3.8, 4) is 28.6 Å². The minimum Gasteiger partial charge on any atom is -0.507 e. The quantitative estimate of drug-likeness (QED) is 0.101. The van der Waals surface area contributed by atoms with Crippen LogP contribution >= 0.6 is 0 Å². The Hall–Kier alpha value is -3.51. The van der Waals surface area contributed by atoms with Crippen molar-refractivity contribution in [2.75, 3.05) is 26.9 Å². The topological polar surface area (TPSA) is 308 Å². The number of ether oxygens (including phenoxy) is 6. The SMILES string of the molecule is COc1ccc(-c2oc3c(C(C)C(C)C)c(O[C@@H]4O[C@H](CO)[C@@H](O)[C@H](O)[C@H]4O)cc(O)c3c(=O)c2[C@H]2O[C@@H](CO)[C@H](O)[C@@H](O)[C@H]2O[C@H]2OC[C@H](O)[C@@H](O)[C@@H]2O)cc1. The van der Waals surface area contributed by atoms with Crippen molar-refractivity contribution in [1.29, 1.82) is 0 Å². The van der Waals surface area contributed by atoms with Gasteiger partial charge in [0.2, 0.25) is 11.7 Å². The lowest BCUT2D eigenvalue weighted by Crippen LogP contribution is -2.60. The zero-order valence-electron chi connectivity index (χ0n) is 31.4. The van der Waals surface area contributed by atoms with E-state index >= 15 is 4.79 Å². The lowest BCUT2D eigenvalue weighted by molar-refractivity contribution is -0.325. The molecule has 57 heavy (non-hydrogen) atoms. The second-order valence-corrected chi connectivity index (χ2v) is 14.9. The van der Waals surface area contributed by atoms with Gasteiger partial charge in [-0.3, -0.25) is 4.79 Å². The van der Waals surface area contributed by atoms with E-state index in [0.717, 1.165) is 6.07 Å². The summed E-state index contributed by atoms with van der Waals surface area (Å²) in [5, 5.41) is 116. The van der Waals surface area contributed by atoms with Gasteiger partial charge in [-0.05, 0) is 36.1 Å². The van der Waals surface area contributed by atoms with Crippen LogP contribution in [-0.4, -0.2) is 163 Å². The van der Waals surface area contributed by atoms with Crippen LogP contribution in [0.4, 0.5) is 0 Å². The maximum absolute atomic E-state index is 15.1. The zero-order chi connectivity index (χ0) is 41.6. The molecule has 1 unspecified atom stereocenters. The Labute approximate surface area is 325 Å². The van der Waals surface area contributed by atoms with Gasteiger partial charge in [0, 0.05) is 17.2 Å². The average molecular weight is 811 g/mol. The van der Waals surface area contributed by atoms with Crippen molar-refractivity contribution < 1.29 is 89.0 Å². The fourth-order valence-corrected chi connectivity index (χ4v) is 7.25. The highest BCUT2D eigenvalue weighted by molar-refractivity contribution is 5.91. The summed E-state index contributed by atoms with van der Waals surface area (Å²) < 4.78 is 41.0. The fraction of sp³-hybridized carbons (Fsp3) is 0.605. The summed E-state index contributed by atoms with van der Waals surface area (Å²) >= 11 is 0. The molecule has 0 aliphatic carbocycles. The maximum Gasteiger partial charge on any atom is 0.229 e. The number of aliphatic hydroxyl groups excluding tert-OH is 10. The van der Waals surface area contributed by atoms with Gasteiger partial charge in [0.05, 0.1) is 32.5 Å². The second kappa shape index (κ2) is 17.4. The molecule has 2 aromatic carbocycles. The molecule has 11 N–H and O–H groups in total. The largest absolute Gasteiger partial charge is 0.507 e. The van der Waals surface area contributed by atoms with Crippen molar-refractivity contribution in [2.45, 2.75) is 113 Å². The first-order chi connectivity index (χ1) is 27.0. The van der Waals surface area contributed by atoms with Crippen LogP contribution in [0, 0.1) is 5.92 Å². The predicted octanol–water partition coefficient (Wildman–Crippen LogP) is -1.91. The third-order valence-corrected chi connectivity index (χ3v) is 11.0. The Morgan fingerprint density at radius 3 is 2.02 bits per heavy atom. The number of hydrogen-bond acceptors (Lipinski definition) is 19. The molecular formula is C38H50O19. The fourth-order valence-electron chi connectivity index (χ4n) is 7.25. The maximum atomic E-state index is 15.1. The summed E-state index contributed by atoms with van der Waals surface area (Å²) in [7, 11) is 1.44. The van der Waals surface area contributed by atoms with Gasteiger partial charge in [0.15, 0.2) is 6.29 Å². The summed E-state index contributed by atoms with van der Waals surface area (Å²) in [6.45, 7) is 3.41. The van der Waals surface area contributed by atoms with Crippen LogP contribution in [0.1, 0.15) is 43.9 Å². The third-order valence-electron chi connectivity index (χ3n) is 11.0. The van der Waals surface area contributed by atoms with E-state index in [1.54, 1.807) is 19.1 Å². The number of hydrogen-bond donors (Lipinski definition) is 11. The lowest BCUT2D eigenvalue weighted by Gasteiger charge is -2.45. The molecule has 0 radical (unpaired) electrons. The summed E-state index contributed by atoms with van der Waals surface area (Å²) in [4.78, 5) is 15.1. The van der Waals surface area contributed by atoms with E-state index in [9.17, 15) is 56.2 Å². The number of methoxy groups -OCH3 is 1. The first-order valence-corrected chi connectivity index (χ1v) is 18.5. The van der Waals surface area contributed by atoms with E-state index in [1.807, 2.05) is 13.8 Å². The Morgan fingerprint density at radius 2 is 1.40 bits per heavy atom. The monoisotopic (exact) mass is 810 g/mol. The molecule has 19 nitrogen and oxygen atoms in total. The molecule has 3 aliphatic rings. The molecule has 0 saturated carbocycles. The molecule has 0 spiro atoms. The van der Waals surface area contributed by atoms with Crippen LogP contribution in [0.3, 0.4) is 0 Å². The van der Waals surface area contributed by atoms with Gasteiger partial charge in [-0.1, -0.05) is 20.8 Å². The molecule has 3 aliphatic heterocycles. The van der Waals surface area contributed by atoms with Gasteiger partial charge in [-0.25, -0.2) is 0 Å². The van der Waals surface area contributed by atoms with E-state index in [0.29, 0.717) is 5.75 Å². The highest BCUT2D eigenvalue weighted by Gasteiger charge is 2.51. The van der Waals surface area contributed by atoms with Crippen LogP contribution in [0.15, 0.2) is 39.5 Å². The molecule has 19 heteroatoms. The highest BCUT2D eigenvalue weighted by atomic mass is 16.7. The third kappa shape index (κ3) is 7.98. The smallest absolute Gasteiger partial charge is 0.229 e. The van der Waals surface area contributed by atoms with E-state index in [1.165, 1.54) is 19.2 Å². The zero-order valence-corrected chi connectivity index (χ0v) is 31.4. The van der Waals surface area contributed by atoms with Crippen LogP contribution < -0.4 is 14.9 Å². The van der Waals surface area contributed by atoms with Crippen LogP contribution in [-0.2, 0) is 18.9 Å². The van der Waals surface area contributed by atoms with Crippen LogP contribution in [0.5, 0.6) is 17.2 Å². The standard InChI is InChI=1S/C38H50O19/c1-13(2)14(3)22-19(54-38-32(50)29(47)26(44)21(11-40)55-38)9-17(41)23-28(46)24(33(56-34(22)23)15-5-7-16(51-4)8-6-15)35-36(30(48)27(45)20(10-39)53-35)57-37-31(49)25(43)18(42)12-52-37/h5-9,13-14,18,20-21,25-27,29-32,35-45,47-50H,10-12H2,1-4H3/t14?,18-,20-,21+,25+,26+,27-,29-,30+,31-,32+,35+,36+,37+,38+/m0/s1. The molecule has 316 valence electrons. The van der Waals surface area contributed by atoms with Crippen molar-refractivity contribution in [3.05, 3.63) is 51.7 Å². The van der Waals surface area contributed by atoms with Crippen molar-refractivity contribution in [3.63, 3.8) is 0 Å². The van der Waals surface area contributed by atoms with Gasteiger partial charge < -0.3 is 89.0 Å². The molecule has 3 saturated heterocycles. The Kier molecular flexibility index (Phi) is 13.1. The Morgan fingerprint density at radius 1 is 0.789 bits per heavy atom. The Bertz CT molecular complexity index is 1900. The Balaban J connectivity index is 1.60. The number of fused-ring (bicyclic) bond motifs is 1. The number of benzene rings is 2. The minimum absolute atomic E-state index is 0.152. The number of aromatic hydroxyl groups is 1. The van der Waals surface area contributed by atoms with Gasteiger partial charge in [0.25, 0.3) is 0 Å². The predicted molar refractivity (Wildman–Crippen MR) is 193 cm³/mol. The van der Waals surface area contributed by atoms with Crippen molar-refractivity contribution >= 4 is 11.0 Å². The molecule has 3 fully saturated rings. The number of phenols is 1. The van der Waals surface area contributed by atoms with Crippen molar-refractivity contribution in [1.82, 2.24) is 0 Å². The molecule has 15 atom stereocenters. The average Bonchev–Trinajstić information content (AvgIpc) is 3.19. The second-order valence-electron chi connectivity index (χ2n) is 14.9. The van der Waals surface area contributed by atoms with Crippen molar-refractivity contribution in [2.24, 2.45) is 5.92 Å². The van der Waals surface area contributed by atoms with E-state index in [-0.39, 0.29) is 39.7 Å². The summed E-state index contributed by atoms with van der Waals surface area (Å²) in [5.41, 5.74) is -1.10. The van der Waals surface area contributed by atoms with Crippen LogP contribution in [0.2, 0.25) is 0 Å². The number of rotatable bonds is 11. The number of phenolic OH excluding ortho intramolecular Hbond substituents is 1. The summed E-state index contributed by atoms with van der Waals surface area (Å²) in [6, 6.07) is 7.24. The summed E-state index contributed by atoms with van der Waals surface area (Å²) in [5.74, 6) is -1.38. The van der Waals surface area contributed by atoms with Gasteiger partial charge in [0.1, 0.15) is 107 Å². The molecule has 0 amide bonds. The molecule has 0 bridgehead atoms. The van der Waals surface area contributed by atoms with E-state index in [2.05, 4.69) is 0 Å². The van der Waals surface area contributed by atoms with Gasteiger partial charge in [-0.15, -0.1) is 0 Å².